The number of tetrazole rings is 1. The minimum atomic E-state index is -0.882. The summed E-state index contributed by atoms with van der Waals surface area (Å²) < 4.78 is 2.30. The third-order valence-electron chi connectivity index (χ3n) is 3.14. The number of nitrogens with zero attached hydrogens (tertiary/aromatic N) is 4. The maximum absolute atomic E-state index is 11.0. The number of carboxylic acid groups (broad SMARTS) is 1. The lowest BCUT2D eigenvalue weighted by molar-refractivity contribution is -0.138. The third kappa shape index (κ3) is 3.59. The van der Waals surface area contributed by atoms with Gasteiger partial charge in [-0.2, -0.15) is 0 Å². The molecular weight excluding hydrogens is 360 g/mol. The van der Waals surface area contributed by atoms with Gasteiger partial charge in [0.05, 0.1) is 17.5 Å². The minimum absolute atomic E-state index is 0.0372. The Morgan fingerprint density at radius 3 is 2.76 bits per heavy atom. The first kappa shape index (κ1) is 15.9. The van der Waals surface area contributed by atoms with Crippen LogP contribution in [0.5, 0.6) is 0 Å². The molecule has 1 heterocycles. The molecule has 1 aromatic heterocycles. The summed E-state index contributed by atoms with van der Waals surface area (Å²) in [6.07, 6.45) is -0.0372. The van der Waals surface area contributed by atoms with Crippen molar-refractivity contribution in [3.8, 4) is 11.4 Å². The van der Waals surface area contributed by atoms with E-state index in [1.807, 2.05) is 19.9 Å². The molecule has 1 aromatic carbocycles. The van der Waals surface area contributed by atoms with Crippen molar-refractivity contribution >= 4 is 33.5 Å². The SMILES string of the molecule is CC(C)C(CC(=O)O)n1nnnc1-c1ccc(Cl)c(Br)c1. The first-order chi connectivity index (χ1) is 9.90. The predicted molar refractivity (Wildman–Crippen MR) is 82.1 cm³/mol. The highest BCUT2D eigenvalue weighted by Gasteiger charge is 2.24. The number of hydrogen-bond acceptors (Lipinski definition) is 4. The lowest BCUT2D eigenvalue weighted by Gasteiger charge is -2.20. The molecule has 0 fully saturated rings. The molecular formula is C13H14BrClN4O2. The molecule has 0 saturated carbocycles. The van der Waals surface area contributed by atoms with Crippen LogP contribution in [0.4, 0.5) is 0 Å². The molecule has 1 atom stereocenters. The van der Waals surface area contributed by atoms with Crippen molar-refractivity contribution in [1.29, 1.82) is 0 Å². The monoisotopic (exact) mass is 372 g/mol. The summed E-state index contributed by atoms with van der Waals surface area (Å²) in [6.45, 7) is 3.88. The van der Waals surface area contributed by atoms with Crippen LogP contribution in [0.2, 0.25) is 5.02 Å². The average Bonchev–Trinajstić information content (AvgIpc) is 2.87. The summed E-state index contributed by atoms with van der Waals surface area (Å²) in [5.74, 6) is -0.279. The van der Waals surface area contributed by atoms with E-state index in [1.54, 1.807) is 16.8 Å². The van der Waals surface area contributed by atoms with Crippen molar-refractivity contribution in [2.45, 2.75) is 26.3 Å². The van der Waals surface area contributed by atoms with Gasteiger partial charge in [0.15, 0.2) is 5.82 Å². The van der Waals surface area contributed by atoms with Gasteiger partial charge in [0, 0.05) is 10.0 Å². The van der Waals surface area contributed by atoms with E-state index < -0.39 is 5.97 Å². The Bertz CT molecular complexity index is 659. The van der Waals surface area contributed by atoms with Crippen LogP contribution in [0.1, 0.15) is 26.3 Å². The van der Waals surface area contributed by atoms with Gasteiger partial charge in [-0.05, 0) is 50.5 Å². The Labute approximate surface area is 135 Å². The van der Waals surface area contributed by atoms with Crippen LogP contribution >= 0.6 is 27.5 Å². The third-order valence-corrected chi connectivity index (χ3v) is 4.35. The van der Waals surface area contributed by atoms with Gasteiger partial charge in [0.1, 0.15) is 0 Å². The molecule has 8 heteroatoms. The number of carbonyl (C=O) groups is 1. The Morgan fingerprint density at radius 2 is 2.19 bits per heavy atom. The molecule has 2 rings (SSSR count). The standard InChI is InChI=1S/C13H14BrClN4O2/c1-7(2)11(6-12(20)21)19-13(16-17-18-19)8-3-4-10(15)9(14)5-8/h3-5,7,11H,6H2,1-2H3,(H,20,21). The highest BCUT2D eigenvalue weighted by molar-refractivity contribution is 9.10. The Morgan fingerprint density at radius 1 is 1.48 bits per heavy atom. The molecule has 0 spiro atoms. The zero-order valence-electron chi connectivity index (χ0n) is 11.5. The summed E-state index contributed by atoms with van der Waals surface area (Å²) >= 11 is 9.34. The number of aliphatic carboxylic acids is 1. The Kier molecular flexibility index (Phi) is 4.95. The molecule has 0 aliphatic carbocycles. The molecule has 112 valence electrons. The quantitative estimate of drug-likeness (QED) is 0.868. The second-order valence-electron chi connectivity index (χ2n) is 4.99. The van der Waals surface area contributed by atoms with Crippen LogP contribution in [0.3, 0.4) is 0 Å². The van der Waals surface area contributed by atoms with E-state index in [2.05, 4.69) is 31.5 Å². The largest absolute Gasteiger partial charge is 0.481 e. The first-order valence-corrected chi connectivity index (χ1v) is 7.52. The van der Waals surface area contributed by atoms with Crippen LogP contribution in [-0.2, 0) is 4.79 Å². The number of hydrogen-bond donors (Lipinski definition) is 1. The molecule has 0 amide bonds. The first-order valence-electron chi connectivity index (χ1n) is 6.35. The van der Waals surface area contributed by atoms with Crippen LogP contribution in [0.25, 0.3) is 11.4 Å². The maximum atomic E-state index is 11.0. The number of aromatic nitrogens is 4. The Hall–Kier alpha value is -1.47. The average molecular weight is 374 g/mol. The number of carboxylic acids is 1. The van der Waals surface area contributed by atoms with Gasteiger partial charge in [-0.15, -0.1) is 5.10 Å². The normalized spacial score (nSPS) is 12.6. The van der Waals surface area contributed by atoms with Gasteiger partial charge >= 0.3 is 5.97 Å². The van der Waals surface area contributed by atoms with E-state index >= 15 is 0 Å². The molecule has 1 unspecified atom stereocenters. The van der Waals surface area contributed by atoms with Gasteiger partial charge < -0.3 is 5.11 Å². The lowest BCUT2D eigenvalue weighted by Crippen LogP contribution is -2.21. The summed E-state index contributed by atoms with van der Waals surface area (Å²) in [6, 6.07) is 5.03. The van der Waals surface area contributed by atoms with Crippen molar-refractivity contribution in [3.05, 3.63) is 27.7 Å². The number of benzene rings is 1. The molecule has 0 saturated heterocycles. The number of rotatable bonds is 5. The van der Waals surface area contributed by atoms with Gasteiger partial charge in [0.2, 0.25) is 0 Å². The van der Waals surface area contributed by atoms with Crippen LogP contribution in [0, 0.1) is 5.92 Å². The van der Waals surface area contributed by atoms with Crippen LogP contribution in [0.15, 0.2) is 22.7 Å². The topological polar surface area (TPSA) is 80.9 Å². The summed E-state index contributed by atoms with van der Waals surface area (Å²) in [5.41, 5.74) is 0.771. The molecule has 0 radical (unpaired) electrons. The summed E-state index contributed by atoms with van der Waals surface area (Å²) in [4.78, 5) is 11.0. The molecule has 0 aliphatic heterocycles. The van der Waals surface area contributed by atoms with E-state index in [4.69, 9.17) is 16.7 Å². The maximum Gasteiger partial charge on any atom is 0.305 e. The van der Waals surface area contributed by atoms with Gasteiger partial charge in [-0.25, -0.2) is 4.68 Å². The second-order valence-corrected chi connectivity index (χ2v) is 6.25. The smallest absolute Gasteiger partial charge is 0.305 e. The Balaban J connectivity index is 2.45. The van der Waals surface area contributed by atoms with Gasteiger partial charge in [-0.1, -0.05) is 25.4 Å². The van der Waals surface area contributed by atoms with E-state index in [0.29, 0.717) is 10.8 Å². The van der Waals surface area contributed by atoms with Gasteiger partial charge in [0.25, 0.3) is 0 Å². The molecule has 1 N–H and O–H groups in total. The molecule has 2 aromatic rings. The zero-order chi connectivity index (χ0) is 15.6. The molecule has 0 bridgehead atoms. The van der Waals surface area contributed by atoms with E-state index in [1.165, 1.54) is 0 Å². The van der Waals surface area contributed by atoms with Crippen molar-refractivity contribution < 1.29 is 9.90 Å². The number of halogens is 2. The van der Waals surface area contributed by atoms with Crippen molar-refractivity contribution in [3.63, 3.8) is 0 Å². The van der Waals surface area contributed by atoms with Crippen molar-refractivity contribution in [2.75, 3.05) is 0 Å². The summed E-state index contributed by atoms with van der Waals surface area (Å²) in [5, 5.41) is 21.3. The fourth-order valence-electron chi connectivity index (χ4n) is 2.03. The minimum Gasteiger partial charge on any atom is -0.481 e. The fourth-order valence-corrected chi connectivity index (χ4v) is 2.52. The van der Waals surface area contributed by atoms with Crippen LogP contribution in [-0.4, -0.2) is 31.3 Å². The van der Waals surface area contributed by atoms with E-state index in [9.17, 15) is 4.79 Å². The zero-order valence-corrected chi connectivity index (χ0v) is 13.8. The highest BCUT2D eigenvalue weighted by atomic mass is 79.9. The van der Waals surface area contributed by atoms with Crippen LogP contribution < -0.4 is 0 Å². The van der Waals surface area contributed by atoms with Crippen molar-refractivity contribution in [2.24, 2.45) is 5.92 Å². The molecule has 21 heavy (non-hydrogen) atoms. The van der Waals surface area contributed by atoms with Crippen molar-refractivity contribution in [1.82, 2.24) is 20.2 Å². The highest BCUT2D eigenvalue weighted by Crippen LogP contribution is 2.30. The van der Waals surface area contributed by atoms with E-state index in [0.717, 1.165) is 10.0 Å². The molecule has 0 aliphatic rings. The predicted octanol–water partition coefficient (Wildman–Crippen LogP) is 3.43. The fraction of sp³-hybridized carbons (Fsp3) is 0.385. The van der Waals surface area contributed by atoms with Gasteiger partial charge in [-0.3, -0.25) is 4.79 Å². The van der Waals surface area contributed by atoms with E-state index in [-0.39, 0.29) is 18.4 Å². The summed E-state index contributed by atoms with van der Waals surface area (Å²) in [7, 11) is 0. The second kappa shape index (κ2) is 6.53. The molecule has 6 nitrogen and oxygen atoms in total. The lowest BCUT2D eigenvalue weighted by atomic mass is 10.0.